The largest absolute Gasteiger partial charge is 0.495 e. The first kappa shape index (κ1) is 15.3. The van der Waals surface area contributed by atoms with E-state index in [4.69, 9.17) is 4.74 Å². The van der Waals surface area contributed by atoms with E-state index in [1.807, 2.05) is 42.6 Å². The third-order valence-corrected chi connectivity index (χ3v) is 6.00. The first-order valence-corrected chi connectivity index (χ1v) is 8.88. The summed E-state index contributed by atoms with van der Waals surface area (Å²) in [5, 5.41) is 10.7. The molecule has 108 valence electrons. The highest BCUT2D eigenvalue weighted by atomic mass is 127. The lowest BCUT2D eigenvalue weighted by atomic mass is 10.2. The molecule has 0 aromatic heterocycles. The van der Waals surface area contributed by atoms with Crippen LogP contribution < -0.4 is 9.64 Å². The summed E-state index contributed by atoms with van der Waals surface area (Å²) in [6, 6.07) is 5.85. The van der Waals surface area contributed by atoms with Crippen molar-refractivity contribution in [3.05, 3.63) is 29.8 Å². The maximum atomic E-state index is 5.39. The van der Waals surface area contributed by atoms with Crippen LogP contribution in [0.1, 0.15) is 0 Å². The molecular formula is C13H17IN4OS. The van der Waals surface area contributed by atoms with Crippen molar-refractivity contribution in [1.29, 1.82) is 0 Å². The average Bonchev–Trinajstić information content (AvgIpc) is 2.44. The van der Waals surface area contributed by atoms with Gasteiger partial charge < -0.3 is 12.8 Å². The van der Waals surface area contributed by atoms with E-state index in [1.165, 1.54) is 0 Å². The molecule has 2 rings (SSSR count). The Morgan fingerprint density at radius 2 is 2.10 bits per heavy atom. The van der Waals surface area contributed by atoms with Gasteiger partial charge in [-0.3, -0.25) is 0 Å². The van der Waals surface area contributed by atoms with E-state index >= 15 is 0 Å². The van der Waals surface area contributed by atoms with E-state index in [0.29, 0.717) is 0 Å². The van der Waals surface area contributed by atoms with Crippen LogP contribution in [0.25, 0.3) is 0 Å². The molecule has 0 bridgehead atoms. The molecule has 0 saturated carbocycles. The number of hydrogen-bond acceptors (Lipinski definition) is 6. The van der Waals surface area contributed by atoms with Crippen LogP contribution in [-0.2, 0) is 0 Å². The predicted molar refractivity (Wildman–Crippen MR) is 95.4 cm³/mol. The number of methoxy groups -OCH3 is 1. The quantitative estimate of drug-likeness (QED) is 0.433. The number of azo groups is 1. The Bertz CT molecular complexity index is 571. The molecule has 0 N–H and O–H groups in total. The Hall–Kier alpha value is -1.09. The average molecular weight is 404 g/mol. The van der Waals surface area contributed by atoms with Gasteiger partial charge in [-0.05, 0) is 17.5 Å². The van der Waals surface area contributed by atoms with Gasteiger partial charge in [0.15, 0.2) is 2.96 Å². The highest BCUT2D eigenvalue weighted by Crippen LogP contribution is 2.32. The lowest BCUT2D eigenvalue weighted by Gasteiger charge is -2.16. The van der Waals surface area contributed by atoms with Crippen molar-refractivity contribution >= 4 is 47.1 Å². The summed E-state index contributed by atoms with van der Waals surface area (Å²) in [5.74, 6) is 0.805. The second-order valence-corrected chi connectivity index (χ2v) is 8.87. The van der Waals surface area contributed by atoms with Crippen molar-refractivity contribution < 1.29 is 4.74 Å². The molecule has 1 aliphatic heterocycles. The molecule has 1 heterocycles. The smallest absolute Gasteiger partial charge is 0.172 e. The molecule has 0 saturated heterocycles. The zero-order chi connectivity index (χ0) is 14.5. The highest BCUT2D eigenvalue weighted by Gasteiger charge is 2.07. The van der Waals surface area contributed by atoms with Gasteiger partial charge >= 0.3 is 0 Å². The molecule has 0 atom stereocenters. The van der Waals surface area contributed by atoms with E-state index < -0.39 is 0 Å². The molecule has 0 aliphatic carbocycles. The number of halogens is 1. The number of thioether (sulfide) groups is 1. The molecule has 1 aromatic rings. The lowest BCUT2D eigenvalue weighted by molar-refractivity contribution is 0.415. The normalized spacial score (nSPS) is 15.0. The minimum Gasteiger partial charge on any atom is -0.495 e. The number of ether oxygens (including phenoxy) is 1. The van der Waals surface area contributed by atoms with Gasteiger partial charge in [0.05, 0.1) is 18.5 Å². The van der Waals surface area contributed by atoms with Gasteiger partial charge in [-0.2, -0.15) is 0 Å². The third kappa shape index (κ3) is 3.95. The van der Waals surface area contributed by atoms with Crippen LogP contribution in [-0.4, -0.2) is 34.3 Å². The molecule has 20 heavy (non-hydrogen) atoms. The van der Waals surface area contributed by atoms with E-state index in [1.54, 1.807) is 18.9 Å². The Morgan fingerprint density at radius 1 is 1.30 bits per heavy atom. The molecule has 0 amide bonds. The van der Waals surface area contributed by atoms with Crippen molar-refractivity contribution in [1.82, 2.24) is 3.11 Å². The maximum Gasteiger partial charge on any atom is 0.172 e. The van der Waals surface area contributed by atoms with Crippen LogP contribution in [0.4, 0.5) is 11.4 Å². The Morgan fingerprint density at radius 3 is 2.75 bits per heavy atom. The maximum absolute atomic E-state index is 5.39. The second-order valence-electron chi connectivity index (χ2n) is 4.22. The summed E-state index contributed by atoms with van der Waals surface area (Å²) in [6.07, 6.45) is 2.08. The summed E-state index contributed by atoms with van der Waals surface area (Å²) in [6.45, 7) is 0. The highest BCUT2D eigenvalue weighted by molar-refractivity contribution is 14.2. The molecule has 0 unspecified atom stereocenters. The summed E-state index contributed by atoms with van der Waals surface area (Å²) in [4.78, 5) is 2.01. The SMILES string of the molecule is COc1cc(N=NC2=IN(C)C=CS2)ccc1N(C)C. The molecule has 1 aliphatic rings. The summed E-state index contributed by atoms with van der Waals surface area (Å²) >= 11 is 1.43. The second kappa shape index (κ2) is 7.07. The van der Waals surface area contributed by atoms with Crippen molar-refractivity contribution in [3.63, 3.8) is 0 Å². The number of rotatable bonds is 4. The summed E-state index contributed by atoms with van der Waals surface area (Å²) in [7, 11) is 7.70. The van der Waals surface area contributed by atoms with Crippen LogP contribution in [0, 0.1) is 0 Å². The lowest BCUT2D eigenvalue weighted by Crippen LogP contribution is -2.09. The number of hydrogen-bond donors (Lipinski definition) is 0. The van der Waals surface area contributed by atoms with E-state index in [9.17, 15) is 0 Å². The molecule has 1 aromatic carbocycles. The molecule has 0 spiro atoms. The molecular weight excluding hydrogens is 387 g/mol. The zero-order valence-electron chi connectivity index (χ0n) is 11.9. The minimum atomic E-state index is -0.215. The summed E-state index contributed by atoms with van der Waals surface area (Å²) < 4.78 is 8.66. The third-order valence-electron chi connectivity index (χ3n) is 2.53. The van der Waals surface area contributed by atoms with Crippen molar-refractivity contribution in [2.24, 2.45) is 10.2 Å². The van der Waals surface area contributed by atoms with Crippen LogP contribution >= 0.6 is 32.8 Å². The van der Waals surface area contributed by atoms with Gasteiger partial charge in [0.25, 0.3) is 0 Å². The van der Waals surface area contributed by atoms with E-state index in [-0.39, 0.29) is 21.0 Å². The molecule has 5 nitrogen and oxygen atoms in total. The predicted octanol–water partition coefficient (Wildman–Crippen LogP) is 3.97. The zero-order valence-corrected chi connectivity index (χ0v) is 14.8. The Kier molecular flexibility index (Phi) is 5.41. The van der Waals surface area contributed by atoms with Crippen LogP contribution in [0.3, 0.4) is 0 Å². The van der Waals surface area contributed by atoms with Crippen LogP contribution in [0.2, 0.25) is 0 Å². The van der Waals surface area contributed by atoms with Gasteiger partial charge in [-0.1, -0.05) is 11.8 Å². The van der Waals surface area contributed by atoms with Crippen LogP contribution in [0.5, 0.6) is 5.75 Å². The monoisotopic (exact) mass is 404 g/mol. The topological polar surface area (TPSA) is 40.4 Å². The van der Waals surface area contributed by atoms with Gasteiger partial charge in [-0.25, -0.2) is 0 Å². The summed E-state index contributed by atoms with van der Waals surface area (Å²) in [5.41, 5.74) is 1.84. The van der Waals surface area contributed by atoms with Crippen LogP contribution in [0.15, 0.2) is 40.0 Å². The van der Waals surface area contributed by atoms with Crippen molar-refractivity contribution in [2.45, 2.75) is 0 Å². The Labute approximate surface area is 133 Å². The first-order chi connectivity index (χ1) is 9.60. The van der Waals surface area contributed by atoms with E-state index in [0.717, 1.165) is 20.1 Å². The van der Waals surface area contributed by atoms with Gasteiger partial charge in [0, 0.05) is 54.4 Å². The fourth-order valence-electron chi connectivity index (χ4n) is 1.57. The fourth-order valence-corrected chi connectivity index (χ4v) is 4.96. The van der Waals surface area contributed by atoms with Crippen molar-refractivity contribution in [3.8, 4) is 5.75 Å². The minimum absolute atomic E-state index is 0.215. The van der Waals surface area contributed by atoms with Crippen molar-refractivity contribution in [2.75, 3.05) is 33.2 Å². The van der Waals surface area contributed by atoms with Gasteiger partial charge in [-0.15, -0.1) is 10.2 Å². The van der Waals surface area contributed by atoms with E-state index in [2.05, 4.69) is 26.6 Å². The number of nitrogens with zero attached hydrogens (tertiary/aromatic N) is 4. The van der Waals surface area contributed by atoms with Gasteiger partial charge in [0.2, 0.25) is 0 Å². The first-order valence-electron chi connectivity index (χ1n) is 5.95. The van der Waals surface area contributed by atoms with Gasteiger partial charge in [0.1, 0.15) is 5.75 Å². The molecule has 0 fully saturated rings. The number of anilines is 1. The number of benzene rings is 1. The fraction of sp³-hybridized carbons (Fsp3) is 0.308. The standard InChI is InChI=1S/C13H17IN4OS/c1-17(2)11-6-5-10(9-12(11)19-4)15-16-13-14-18(3)7-8-20-13/h5-9H,1-4H3. The Balaban J connectivity index is 2.18. The molecule has 7 heteroatoms. The molecule has 0 radical (unpaired) electrons.